The second-order valence-corrected chi connectivity index (χ2v) is 4.14. The summed E-state index contributed by atoms with van der Waals surface area (Å²) >= 11 is 6.09. The Kier molecular flexibility index (Phi) is 2.77. The van der Waals surface area contributed by atoms with Gasteiger partial charge in [-0.25, -0.2) is 0 Å². The number of rotatable bonds is 2. The topological polar surface area (TPSA) is 46.2 Å². The lowest BCUT2D eigenvalue weighted by molar-refractivity contribution is 0.267. The first-order valence-corrected chi connectivity index (χ1v) is 5.28. The molecule has 0 saturated heterocycles. The maximum absolute atomic E-state index is 9.03. The van der Waals surface area contributed by atoms with Crippen LogP contribution in [0.3, 0.4) is 0 Å². The quantitative estimate of drug-likeness (QED) is 0.784. The Labute approximate surface area is 88.7 Å². The Hall–Kier alpha value is -0.570. The molecular formula is C11H14ClNO. The Morgan fingerprint density at radius 2 is 2.07 bits per heavy atom. The zero-order valence-corrected chi connectivity index (χ0v) is 8.72. The van der Waals surface area contributed by atoms with Gasteiger partial charge in [-0.1, -0.05) is 17.7 Å². The molecule has 14 heavy (non-hydrogen) atoms. The average Bonchev–Trinajstić information content (AvgIpc) is 2.67. The second-order valence-electron chi connectivity index (χ2n) is 3.74. The largest absolute Gasteiger partial charge is 0.394 e. The van der Waals surface area contributed by atoms with E-state index in [2.05, 4.69) is 0 Å². The van der Waals surface area contributed by atoms with Crippen LogP contribution >= 0.6 is 11.6 Å². The maximum Gasteiger partial charge on any atom is 0.0624 e. The van der Waals surface area contributed by atoms with Crippen molar-refractivity contribution in [3.05, 3.63) is 33.8 Å². The molecule has 1 aromatic carbocycles. The lowest BCUT2D eigenvalue weighted by Crippen LogP contribution is -2.16. The molecule has 1 aromatic rings. The monoisotopic (exact) mass is 211 g/mol. The summed E-state index contributed by atoms with van der Waals surface area (Å²) in [6.07, 6.45) is 3.23. The summed E-state index contributed by atoms with van der Waals surface area (Å²) in [4.78, 5) is 0. The number of hydrogen-bond donors (Lipinski definition) is 2. The highest BCUT2D eigenvalue weighted by Gasteiger charge is 2.20. The molecule has 1 aliphatic carbocycles. The second kappa shape index (κ2) is 3.89. The summed E-state index contributed by atoms with van der Waals surface area (Å²) in [5, 5.41) is 9.87. The van der Waals surface area contributed by atoms with Gasteiger partial charge < -0.3 is 10.8 Å². The van der Waals surface area contributed by atoms with Gasteiger partial charge in [0, 0.05) is 5.02 Å². The number of benzene rings is 1. The molecule has 1 atom stereocenters. The molecule has 0 aliphatic heterocycles. The molecule has 0 heterocycles. The van der Waals surface area contributed by atoms with E-state index in [1.54, 1.807) is 0 Å². The Morgan fingerprint density at radius 3 is 2.79 bits per heavy atom. The first kappa shape index (κ1) is 9.97. The SMILES string of the molecule is N[C@H](CO)c1ccc(Cl)c2c1CCC2. The molecule has 0 amide bonds. The van der Waals surface area contributed by atoms with E-state index in [0.29, 0.717) is 0 Å². The number of aliphatic hydroxyl groups excluding tert-OH is 1. The van der Waals surface area contributed by atoms with Crippen molar-refractivity contribution in [1.82, 2.24) is 0 Å². The van der Waals surface area contributed by atoms with Crippen molar-refractivity contribution in [3.8, 4) is 0 Å². The molecule has 0 bridgehead atoms. The fourth-order valence-electron chi connectivity index (χ4n) is 2.14. The van der Waals surface area contributed by atoms with E-state index in [4.69, 9.17) is 22.4 Å². The van der Waals surface area contributed by atoms with Crippen molar-refractivity contribution >= 4 is 11.6 Å². The number of aliphatic hydroxyl groups is 1. The van der Waals surface area contributed by atoms with Gasteiger partial charge in [0.25, 0.3) is 0 Å². The fraction of sp³-hybridized carbons (Fsp3) is 0.455. The first-order chi connectivity index (χ1) is 6.74. The first-order valence-electron chi connectivity index (χ1n) is 4.90. The van der Waals surface area contributed by atoms with Crippen molar-refractivity contribution < 1.29 is 5.11 Å². The summed E-state index contributed by atoms with van der Waals surface area (Å²) in [7, 11) is 0. The van der Waals surface area contributed by atoms with E-state index in [-0.39, 0.29) is 12.6 Å². The molecule has 3 N–H and O–H groups in total. The molecule has 76 valence electrons. The zero-order valence-electron chi connectivity index (χ0n) is 7.96. The van der Waals surface area contributed by atoms with Crippen LogP contribution < -0.4 is 5.73 Å². The zero-order chi connectivity index (χ0) is 10.1. The summed E-state index contributed by atoms with van der Waals surface area (Å²) in [5.41, 5.74) is 9.38. The molecular weight excluding hydrogens is 198 g/mol. The van der Waals surface area contributed by atoms with Gasteiger partial charge in [-0.15, -0.1) is 0 Å². The highest BCUT2D eigenvalue weighted by Crippen LogP contribution is 2.33. The number of nitrogens with two attached hydrogens (primary N) is 1. The molecule has 1 aliphatic rings. The van der Waals surface area contributed by atoms with Crippen LogP contribution in [0.5, 0.6) is 0 Å². The molecule has 0 aromatic heterocycles. The van der Waals surface area contributed by atoms with Gasteiger partial charge in [0.1, 0.15) is 0 Å². The minimum Gasteiger partial charge on any atom is -0.394 e. The van der Waals surface area contributed by atoms with Crippen LogP contribution in [-0.2, 0) is 12.8 Å². The van der Waals surface area contributed by atoms with Crippen LogP contribution in [0.15, 0.2) is 12.1 Å². The van der Waals surface area contributed by atoms with Crippen LogP contribution in [0.2, 0.25) is 5.02 Å². The lowest BCUT2D eigenvalue weighted by atomic mass is 9.98. The van der Waals surface area contributed by atoms with Crippen molar-refractivity contribution in [2.75, 3.05) is 6.61 Å². The highest BCUT2D eigenvalue weighted by atomic mass is 35.5. The molecule has 0 spiro atoms. The van der Waals surface area contributed by atoms with Gasteiger partial charge in [0.15, 0.2) is 0 Å². The van der Waals surface area contributed by atoms with Crippen LogP contribution in [0.25, 0.3) is 0 Å². The number of hydrogen-bond acceptors (Lipinski definition) is 2. The highest BCUT2D eigenvalue weighted by molar-refractivity contribution is 6.31. The maximum atomic E-state index is 9.03. The van der Waals surface area contributed by atoms with Gasteiger partial charge in [0.05, 0.1) is 12.6 Å². The van der Waals surface area contributed by atoms with E-state index >= 15 is 0 Å². The normalized spacial score (nSPS) is 16.8. The minimum absolute atomic E-state index is 0.00588. The van der Waals surface area contributed by atoms with Crippen molar-refractivity contribution in [2.45, 2.75) is 25.3 Å². The third-order valence-corrected chi connectivity index (χ3v) is 3.21. The minimum atomic E-state index is -0.265. The molecule has 0 fully saturated rings. The molecule has 2 nitrogen and oxygen atoms in total. The van der Waals surface area contributed by atoms with Gasteiger partial charge in [-0.3, -0.25) is 0 Å². The number of fused-ring (bicyclic) bond motifs is 1. The average molecular weight is 212 g/mol. The smallest absolute Gasteiger partial charge is 0.0624 e. The molecule has 3 heteroatoms. The Morgan fingerprint density at radius 1 is 1.36 bits per heavy atom. The molecule has 2 rings (SSSR count). The molecule has 0 unspecified atom stereocenters. The van der Waals surface area contributed by atoms with E-state index in [0.717, 1.165) is 29.8 Å². The van der Waals surface area contributed by atoms with E-state index < -0.39 is 0 Å². The van der Waals surface area contributed by atoms with Gasteiger partial charge in [-0.05, 0) is 42.0 Å². The summed E-state index contributed by atoms with van der Waals surface area (Å²) in [6, 6.07) is 3.56. The summed E-state index contributed by atoms with van der Waals surface area (Å²) in [5.74, 6) is 0. The third-order valence-electron chi connectivity index (χ3n) is 2.86. The predicted octanol–water partition coefficient (Wildman–Crippen LogP) is 1.82. The third kappa shape index (κ3) is 1.54. The predicted molar refractivity (Wildman–Crippen MR) is 57.5 cm³/mol. The van der Waals surface area contributed by atoms with E-state index in [1.165, 1.54) is 11.1 Å². The summed E-state index contributed by atoms with van der Waals surface area (Å²) < 4.78 is 0. The van der Waals surface area contributed by atoms with Crippen LogP contribution in [0, 0.1) is 0 Å². The van der Waals surface area contributed by atoms with Crippen LogP contribution in [-0.4, -0.2) is 11.7 Å². The Balaban J connectivity index is 2.48. The molecule has 0 saturated carbocycles. The van der Waals surface area contributed by atoms with E-state index in [1.807, 2.05) is 12.1 Å². The molecule has 0 radical (unpaired) electrons. The van der Waals surface area contributed by atoms with Crippen molar-refractivity contribution in [3.63, 3.8) is 0 Å². The standard InChI is InChI=1S/C11H14ClNO/c12-10-5-4-9(11(13)6-14)7-2-1-3-8(7)10/h4-5,11,14H,1-3,6,13H2/t11-/m1/s1. The van der Waals surface area contributed by atoms with E-state index in [9.17, 15) is 0 Å². The van der Waals surface area contributed by atoms with Gasteiger partial charge in [0.2, 0.25) is 0 Å². The van der Waals surface area contributed by atoms with Crippen LogP contribution in [0.1, 0.15) is 29.2 Å². The summed E-state index contributed by atoms with van der Waals surface area (Å²) in [6.45, 7) is -0.00588. The fourth-order valence-corrected chi connectivity index (χ4v) is 2.41. The van der Waals surface area contributed by atoms with Crippen molar-refractivity contribution in [2.24, 2.45) is 5.73 Å². The van der Waals surface area contributed by atoms with Gasteiger partial charge >= 0.3 is 0 Å². The van der Waals surface area contributed by atoms with Crippen molar-refractivity contribution in [1.29, 1.82) is 0 Å². The van der Waals surface area contributed by atoms with Gasteiger partial charge in [-0.2, -0.15) is 0 Å². The van der Waals surface area contributed by atoms with Crippen LogP contribution in [0.4, 0.5) is 0 Å². The lowest BCUT2D eigenvalue weighted by Gasteiger charge is -2.14. The Bertz CT molecular complexity index is 351. The number of halogens is 1.